The van der Waals surface area contributed by atoms with Crippen LogP contribution in [-0.2, 0) is 4.79 Å². The van der Waals surface area contributed by atoms with Crippen molar-refractivity contribution < 1.29 is 13.9 Å². The van der Waals surface area contributed by atoms with E-state index in [1.54, 1.807) is 6.07 Å². The molecule has 1 aromatic carbocycles. The van der Waals surface area contributed by atoms with Gasteiger partial charge in [-0.15, -0.1) is 11.3 Å². The standard InChI is InChI=1S/C15H13FN4O2S/c1-10-9-23-15(19-10)11(6-17)7-18-20-14(21)8-22-13-5-3-2-4-12(13)16/h2-5,7,9,18H,8H2,1H3,(H,20,21)/b11-7+. The first-order valence-corrected chi connectivity index (χ1v) is 7.42. The van der Waals surface area contributed by atoms with Crippen molar-refractivity contribution in [2.24, 2.45) is 0 Å². The summed E-state index contributed by atoms with van der Waals surface area (Å²) >= 11 is 1.33. The normalized spacial score (nSPS) is 10.7. The molecule has 8 heteroatoms. The smallest absolute Gasteiger partial charge is 0.276 e. The lowest BCUT2D eigenvalue weighted by atomic mass is 10.3. The molecule has 0 bridgehead atoms. The van der Waals surface area contributed by atoms with Gasteiger partial charge in [-0.25, -0.2) is 9.37 Å². The lowest BCUT2D eigenvalue weighted by Gasteiger charge is -2.07. The number of carbonyl (C=O) groups is 1. The highest BCUT2D eigenvalue weighted by Crippen LogP contribution is 2.17. The Labute approximate surface area is 136 Å². The minimum atomic E-state index is -0.543. The van der Waals surface area contributed by atoms with Crippen molar-refractivity contribution in [2.75, 3.05) is 6.61 Å². The molecule has 0 unspecified atom stereocenters. The number of ether oxygens (including phenoxy) is 1. The minimum absolute atomic E-state index is 0.00540. The van der Waals surface area contributed by atoms with Crippen LogP contribution in [0.4, 0.5) is 4.39 Å². The highest BCUT2D eigenvalue weighted by atomic mass is 32.1. The summed E-state index contributed by atoms with van der Waals surface area (Å²) in [6, 6.07) is 7.78. The molecule has 0 spiro atoms. The van der Waals surface area contributed by atoms with E-state index in [4.69, 9.17) is 10.00 Å². The summed E-state index contributed by atoms with van der Waals surface area (Å²) in [5.41, 5.74) is 5.93. The first-order valence-electron chi connectivity index (χ1n) is 6.54. The number of para-hydroxylation sites is 1. The van der Waals surface area contributed by atoms with Gasteiger partial charge in [-0.1, -0.05) is 12.1 Å². The van der Waals surface area contributed by atoms with E-state index in [0.717, 1.165) is 5.69 Å². The molecule has 0 aliphatic rings. The molecule has 0 saturated heterocycles. The fourth-order valence-corrected chi connectivity index (χ4v) is 2.31. The van der Waals surface area contributed by atoms with Crippen molar-refractivity contribution in [1.29, 1.82) is 5.26 Å². The van der Waals surface area contributed by atoms with Crippen LogP contribution in [0.3, 0.4) is 0 Å². The Hall–Kier alpha value is -2.92. The van der Waals surface area contributed by atoms with Gasteiger partial charge in [0.1, 0.15) is 16.6 Å². The Morgan fingerprint density at radius 3 is 2.96 bits per heavy atom. The van der Waals surface area contributed by atoms with Crippen LogP contribution >= 0.6 is 11.3 Å². The van der Waals surface area contributed by atoms with E-state index < -0.39 is 11.7 Å². The molecule has 0 atom stereocenters. The molecule has 6 nitrogen and oxygen atoms in total. The zero-order valence-electron chi connectivity index (χ0n) is 12.2. The molecule has 0 saturated carbocycles. The Balaban J connectivity index is 1.83. The Kier molecular flexibility index (Phi) is 5.66. The monoisotopic (exact) mass is 332 g/mol. The number of thiazole rings is 1. The quantitative estimate of drug-likeness (QED) is 0.625. The molecular weight excluding hydrogens is 319 g/mol. The van der Waals surface area contributed by atoms with Crippen LogP contribution in [0.15, 0.2) is 35.8 Å². The van der Waals surface area contributed by atoms with Crippen molar-refractivity contribution in [1.82, 2.24) is 15.8 Å². The second-order valence-electron chi connectivity index (χ2n) is 4.38. The van der Waals surface area contributed by atoms with Gasteiger partial charge in [-0.2, -0.15) is 5.26 Å². The minimum Gasteiger partial charge on any atom is -0.481 e. The van der Waals surface area contributed by atoms with Crippen LogP contribution in [0.5, 0.6) is 5.75 Å². The van der Waals surface area contributed by atoms with Crippen LogP contribution in [0.1, 0.15) is 10.7 Å². The zero-order valence-corrected chi connectivity index (χ0v) is 13.0. The maximum Gasteiger partial charge on any atom is 0.276 e. The first kappa shape index (κ1) is 16.5. The molecule has 1 aromatic heterocycles. The van der Waals surface area contributed by atoms with Crippen molar-refractivity contribution in [2.45, 2.75) is 6.92 Å². The number of hydrogen-bond acceptors (Lipinski definition) is 6. The number of rotatable bonds is 6. The number of benzene rings is 1. The number of allylic oxidation sites excluding steroid dienone is 1. The van der Waals surface area contributed by atoms with E-state index in [1.807, 2.05) is 18.4 Å². The SMILES string of the molecule is Cc1csc(/C(C#N)=C/NNC(=O)COc2ccccc2F)n1. The number of carbonyl (C=O) groups excluding carboxylic acids is 1. The van der Waals surface area contributed by atoms with Gasteiger partial charge in [0.25, 0.3) is 5.91 Å². The number of aromatic nitrogens is 1. The topological polar surface area (TPSA) is 87.0 Å². The second kappa shape index (κ2) is 7.91. The highest BCUT2D eigenvalue weighted by molar-refractivity contribution is 7.10. The Morgan fingerprint density at radius 1 is 1.52 bits per heavy atom. The van der Waals surface area contributed by atoms with Gasteiger partial charge in [-0.05, 0) is 19.1 Å². The summed E-state index contributed by atoms with van der Waals surface area (Å²) in [6.45, 7) is 1.46. The van der Waals surface area contributed by atoms with Crippen molar-refractivity contribution >= 4 is 22.8 Å². The van der Waals surface area contributed by atoms with Crippen LogP contribution in [0.2, 0.25) is 0 Å². The van der Waals surface area contributed by atoms with Gasteiger partial charge in [0.15, 0.2) is 18.2 Å². The molecule has 23 heavy (non-hydrogen) atoms. The number of halogens is 1. The molecule has 0 radical (unpaired) electrons. The molecule has 2 rings (SSSR count). The average molecular weight is 332 g/mol. The molecule has 1 heterocycles. The fourth-order valence-electron chi connectivity index (χ4n) is 1.55. The van der Waals surface area contributed by atoms with Crippen molar-refractivity contribution in [3.8, 4) is 11.8 Å². The molecule has 0 fully saturated rings. The summed E-state index contributed by atoms with van der Waals surface area (Å²) in [7, 11) is 0. The molecular formula is C15H13FN4O2S. The summed E-state index contributed by atoms with van der Waals surface area (Å²) in [4.78, 5) is 15.8. The summed E-state index contributed by atoms with van der Waals surface area (Å²) in [5, 5.41) is 11.4. The third kappa shape index (κ3) is 4.79. The van der Waals surface area contributed by atoms with Crippen LogP contribution in [-0.4, -0.2) is 17.5 Å². The van der Waals surface area contributed by atoms with E-state index in [9.17, 15) is 9.18 Å². The number of nitrogens with one attached hydrogen (secondary N) is 2. The average Bonchev–Trinajstić information content (AvgIpc) is 2.97. The number of nitriles is 1. The third-order valence-corrected chi connectivity index (χ3v) is 3.59. The molecule has 0 aliphatic carbocycles. The van der Waals surface area contributed by atoms with Crippen molar-refractivity contribution in [3.05, 3.63) is 52.4 Å². The molecule has 0 aliphatic heterocycles. The maximum atomic E-state index is 13.3. The van der Waals surface area contributed by atoms with Gasteiger partial charge in [0.2, 0.25) is 0 Å². The summed E-state index contributed by atoms with van der Waals surface area (Å²) in [6.07, 6.45) is 1.33. The molecule has 1 amide bonds. The predicted molar refractivity (Wildman–Crippen MR) is 83.6 cm³/mol. The van der Waals surface area contributed by atoms with E-state index in [2.05, 4.69) is 15.8 Å². The van der Waals surface area contributed by atoms with Gasteiger partial charge in [0, 0.05) is 17.3 Å². The van der Waals surface area contributed by atoms with Crippen molar-refractivity contribution in [3.63, 3.8) is 0 Å². The van der Waals surface area contributed by atoms with Gasteiger partial charge in [-0.3, -0.25) is 10.2 Å². The van der Waals surface area contributed by atoms with Gasteiger partial charge < -0.3 is 10.2 Å². The Morgan fingerprint density at radius 2 is 2.30 bits per heavy atom. The van der Waals surface area contributed by atoms with E-state index in [1.165, 1.54) is 35.7 Å². The van der Waals surface area contributed by atoms with E-state index in [0.29, 0.717) is 10.6 Å². The van der Waals surface area contributed by atoms with Crippen LogP contribution in [0.25, 0.3) is 5.57 Å². The third-order valence-electron chi connectivity index (χ3n) is 2.59. The van der Waals surface area contributed by atoms with Crippen LogP contribution < -0.4 is 15.6 Å². The highest BCUT2D eigenvalue weighted by Gasteiger charge is 2.07. The summed E-state index contributed by atoms with van der Waals surface area (Å²) < 4.78 is 18.4. The fraction of sp³-hybridized carbons (Fsp3) is 0.133. The number of hydrazine groups is 1. The lowest BCUT2D eigenvalue weighted by Crippen LogP contribution is -2.37. The maximum absolute atomic E-state index is 13.3. The number of hydrogen-bond donors (Lipinski definition) is 2. The zero-order chi connectivity index (χ0) is 16.7. The van der Waals surface area contributed by atoms with Gasteiger partial charge >= 0.3 is 0 Å². The lowest BCUT2D eigenvalue weighted by molar-refractivity contribution is -0.123. The number of aryl methyl sites for hydroxylation is 1. The molecule has 2 aromatic rings. The van der Waals surface area contributed by atoms with Crippen LogP contribution in [0, 0.1) is 24.1 Å². The molecule has 118 valence electrons. The Bertz CT molecular complexity index is 767. The number of amides is 1. The van der Waals surface area contributed by atoms with E-state index in [-0.39, 0.29) is 12.4 Å². The molecule has 2 N–H and O–H groups in total. The summed E-state index contributed by atoms with van der Waals surface area (Å²) in [5.74, 6) is -1.06. The second-order valence-corrected chi connectivity index (χ2v) is 5.23. The predicted octanol–water partition coefficient (Wildman–Crippen LogP) is 2.15. The van der Waals surface area contributed by atoms with Gasteiger partial charge in [0.05, 0.1) is 0 Å². The number of nitrogens with zero attached hydrogens (tertiary/aromatic N) is 2. The first-order chi connectivity index (χ1) is 11.1. The van der Waals surface area contributed by atoms with E-state index >= 15 is 0 Å². The largest absolute Gasteiger partial charge is 0.481 e.